The largest absolute Gasteiger partial charge is 0.338 e. The van der Waals surface area contributed by atoms with Crippen LogP contribution in [0.4, 0.5) is 19.3 Å². The first kappa shape index (κ1) is 15.4. The topological polar surface area (TPSA) is 70.2 Å². The maximum Gasteiger partial charge on any atom is 0.338 e. The predicted molar refractivity (Wildman–Crippen MR) is 76.8 cm³/mol. The predicted octanol–water partition coefficient (Wildman–Crippen LogP) is 2.36. The smallest absolute Gasteiger partial charge is 0.304 e. The number of anilines is 1. The van der Waals surface area contributed by atoms with E-state index in [0.29, 0.717) is 6.07 Å². The lowest BCUT2D eigenvalue weighted by atomic mass is 10.1. The highest BCUT2D eigenvalue weighted by Crippen LogP contribution is 2.14. The van der Waals surface area contributed by atoms with Gasteiger partial charge in [-0.1, -0.05) is 30.3 Å². The molecule has 0 saturated carbocycles. The van der Waals surface area contributed by atoms with Crippen LogP contribution in [0.5, 0.6) is 0 Å². The summed E-state index contributed by atoms with van der Waals surface area (Å²) in [7, 11) is 0. The highest BCUT2D eigenvalue weighted by molar-refractivity contribution is 5.91. The molecule has 2 aromatic carbocycles. The minimum atomic E-state index is -0.911. The van der Waals surface area contributed by atoms with Gasteiger partial charge in [-0.25, -0.2) is 19.0 Å². The molecular weight excluding hydrogens is 292 g/mol. The third-order valence-electron chi connectivity index (χ3n) is 2.70. The van der Waals surface area contributed by atoms with Crippen molar-refractivity contribution < 1.29 is 18.4 Å². The fraction of sp³-hybridized carbons (Fsp3) is 0.0667. The lowest BCUT2D eigenvalue weighted by Gasteiger charge is -2.09. The molecule has 7 heteroatoms. The highest BCUT2D eigenvalue weighted by Gasteiger charge is 2.09. The van der Waals surface area contributed by atoms with E-state index in [1.54, 1.807) is 24.3 Å². The molecule has 2 aromatic rings. The zero-order chi connectivity index (χ0) is 15.9. The zero-order valence-electron chi connectivity index (χ0n) is 11.4. The number of carbonyl (C=O) groups excluding carboxylic acids is 2. The lowest BCUT2D eigenvalue weighted by Crippen LogP contribution is -2.44. The Morgan fingerprint density at radius 2 is 1.68 bits per heavy atom. The first-order valence-electron chi connectivity index (χ1n) is 6.39. The van der Waals surface area contributed by atoms with Crippen LogP contribution in [0.25, 0.3) is 0 Å². The molecule has 0 fully saturated rings. The molecule has 0 aromatic heterocycles. The monoisotopic (exact) mass is 305 g/mol. The van der Waals surface area contributed by atoms with Gasteiger partial charge in [-0.05, 0) is 17.7 Å². The second-order valence-electron chi connectivity index (χ2n) is 4.41. The minimum absolute atomic E-state index is 0.0893. The number of carbonyl (C=O) groups is 2. The second-order valence-corrected chi connectivity index (χ2v) is 4.41. The summed E-state index contributed by atoms with van der Waals surface area (Å²) in [5.74, 6) is -2.09. The Bertz CT molecular complexity index is 678. The Morgan fingerprint density at radius 1 is 0.955 bits per heavy atom. The third kappa shape index (κ3) is 4.55. The van der Waals surface area contributed by atoms with Gasteiger partial charge in [0.05, 0.1) is 12.1 Å². The van der Waals surface area contributed by atoms with Crippen LogP contribution >= 0.6 is 0 Å². The van der Waals surface area contributed by atoms with E-state index in [-0.39, 0.29) is 12.1 Å². The molecule has 3 N–H and O–H groups in total. The van der Waals surface area contributed by atoms with Crippen molar-refractivity contribution >= 4 is 17.6 Å². The number of urea groups is 1. The maximum atomic E-state index is 13.3. The number of nitrogens with one attached hydrogen (secondary N) is 3. The van der Waals surface area contributed by atoms with Crippen LogP contribution in [0.1, 0.15) is 5.56 Å². The molecule has 0 heterocycles. The molecule has 0 aliphatic heterocycles. The summed E-state index contributed by atoms with van der Waals surface area (Å²) >= 11 is 0. The third-order valence-corrected chi connectivity index (χ3v) is 2.70. The summed E-state index contributed by atoms with van der Waals surface area (Å²) in [6.45, 7) is 0. The fourth-order valence-corrected chi connectivity index (χ4v) is 1.70. The standard InChI is InChI=1S/C15H13F2N3O2/c16-11-6-7-13(12(17)9-11)18-15(22)20-19-14(21)8-10-4-2-1-3-5-10/h1-7,9H,8H2,(H,19,21)(H2,18,20,22). The number of hydrogen-bond donors (Lipinski definition) is 3. The van der Waals surface area contributed by atoms with Crippen molar-refractivity contribution in [2.24, 2.45) is 0 Å². The molecule has 3 amide bonds. The Hall–Kier alpha value is -2.96. The van der Waals surface area contributed by atoms with Gasteiger partial charge in [-0.15, -0.1) is 0 Å². The Morgan fingerprint density at radius 3 is 2.36 bits per heavy atom. The van der Waals surface area contributed by atoms with Gasteiger partial charge < -0.3 is 5.32 Å². The summed E-state index contributed by atoms with van der Waals surface area (Å²) in [6, 6.07) is 10.8. The van der Waals surface area contributed by atoms with Crippen LogP contribution in [0.3, 0.4) is 0 Å². The number of halogens is 2. The van der Waals surface area contributed by atoms with Crippen molar-refractivity contribution in [1.82, 2.24) is 10.9 Å². The number of hydrazine groups is 1. The van der Waals surface area contributed by atoms with Crippen LogP contribution in [0, 0.1) is 11.6 Å². The SMILES string of the molecule is O=C(Cc1ccccc1)NNC(=O)Nc1ccc(F)cc1F. The van der Waals surface area contributed by atoms with Crippen molar-refractivity contribution in [1.29, 1.82) is 0 Å². The van der Waals surface area contributed by atoms with Gasteiger partial charge in [0.25, 0.3) is 0 Å². The minimum Gasteiger partial charge on any atom is -0.304 e. The number of rotatable bonds is 3. The molecule has 114 valence electrons. The van der Waals surface area contributed by atoms with E-state index < -0.39 is 23.6 Å². The van der Waals surface area contributed by atoms with Crippen molar-refractivity contribution in [2.45, 2.75) is 6.42 Å². The molecule has 22 heavy (non-hydrogen) atoms. The van der Waals surface area contributed by atoms with Gasteiger partial charge in [-0.2, -0.15) is 0 Å². The van der Waals surface area contributed by atoms with Crippen molar-refractivity contribution in [3.8, 4) is 0 Å². The van der Waals surface area contributed by atoms with Crippen LogP contribution in [0.2, 0.25) is 0 Å². The Balaban J connectivity index is 1.81. The first-order chi connectivity index (χ1) is 10.5. The molecular formula is C15H13F2N3O2. The number of benzene rings is 2. The molecule has 0 radical (unpaired) electrons. The van der Waals surface area contributed by atoms with E-state index in [4.69, 9.17) is 0 Å². The van der Waals surface area contributed by atoms with E-state index in [9.17, 15) is 18.4 Å². The highest BCUT2D eigenvalue weighted by atomic mass is 19.1. The van der Waals surface area contributed by atoms with E-state index >= 15 is 0 Å². The van der Waals surface area contributed by atoms with Gasteiger partial charge in [-0.3, -0.25) is 10.2 Å². The average Bonchev–Trinajstić information content (AvgIpc) is 2.49. The van der Waals surface area contributed by atoms with Crippen LogP contribution in [0.15, 0.2) is 48.5 Å². The van der Waals surface area contributed by atoms with Gasteiger partial charge in [0.2, 0.25) is 5.91 Å². The summed E-state index contributed by atoms with van der Waals surface area (Å²) in [6.07, 6.45) is 0.0893. The summed E-state index contributed by atoms with van der Waals surface area (Å²) in [5.41, 5.74) is 4.85. The second kappa shape index (κ2) is 7.16. The van der Waals surface area contributed by atoms with E-state index in [2.05, 4.69) is 16.2 Å². The van der Waals surface area contributed by atoms with E-state index in [1.807, 2.05) is 6.07 Å². The van der Waals surface area contributed by atoms with Gasteiger partial charge in [0.1, 0.15) is 11.6 Å². The van der Waals surface area contributed by atoms with Gasteiger partial charge >= 0.3 is 6.03 Å². The Kier molecular flexibility index (Phi) is 5.02. The maximum absolute atomic E-state index is 13.3. The van der Waals surface area contributed by atoms with Crippen molar-refractivity contribution in [3.05, 3.63) is 65.7 Å². The Labute approximate surface area is 125 Å². The zero-order valence-corrected chi connectivity index (χ0v) is 11.4. The van der Waals surface area contributed by atoms with E-state index in [1.165, 1.54) is 0 Å². The fourth-order valence-electron chi connectivity index (χ4n) is 1.70. The van der Waals surface area contributed by atoms with Crippen molar-refractivity contribution in [2.75, 3.05) is 5.32 Å². The van der Waals surface area contributed by atoms with Crippen LogP contribution in [-0.2, 0) is 11.2 Å². The quantitative estimate of drug-likeness (QED) is 0.762. The lowest BCUT2D eigenvalue weighted by molar-refractivity contribution is -0.121. The molecule has 0 bridgehead atoms. The van der Waals surface area contributed by atoms with Crippen LogP contribution < -0.4 is 16.2 Å². The molecule has 0 aliphatic carbocycles. The number of hydrogen-bond acceptors (Lipinski definition) is 2. The number of amides is 3. The van der Waals surface area contributed by atoms with Crippen molar-refractivity contribution in [3.63, 3.8) is 0 Å². The summed E-state index contributed by atoms with van der Waals surface area (Å²) in [5, 5.41) is 2.15. The average molecular weight is 305 g/mol. The summed E-state index contributed by atoms with van der Waals surface area (Å²) in [4.78, 5) is 23.1. The first-order valence-corrected chi connectivity index (χ1v) is 6.39. The normalized spacial score (nSPS) is 9.91. The molecule has 0 spiro atoms. The molecule has 2 rings (SSSR count). The van der Waals surface area contributed by atoms with Gasteiger partial charge in [0.15, 0.2) is 0 Å². The molecule has 0 aliphatic rings. The molecule has 5 nitrogen and oxygen atoms in total. The summed E-state index contributed by atoms with van der Waals surface area (Å²) < 4.78 is 26.0. The van der Waals surface area contributed by atoms with Gasteiger partial charge in [0, 0.05) is 6.07 Å². The molecule has 0 saturated heterocycles. The van der Waals surface area contributed by atoms with Crippen LogP contribution in [-0.4, -0.2) is 11.9 Å². The van der Waals surface area contributed by atoms with E-state index in [0.717, 1.165) is 17.7 Å². The molecule has 0 atom stereocenters. The molecule has 0 unspecified atom stereocenters.